The largest absolute Gasteiger partial charge is 0.481 e. The zero-order valence-electron chi connectivity index (χ0n) is 8.19. The van der Waals surface area contributed by atoms with Gasteiger partial charge in [-0.15, -0.1) is 0 Å². The van der Waals surface area contributed by atoms with E-state index in [1.165, 1.54) is 0 Å². The molecule has 2 atom stereocenters. The molecule has 76 valence electrons. The number of aliphatic carboxylic acids is 1. The van der Waals surface area contributed by atoms with Crippen LogP contribution in [-0.4, -0.2) is 48.3 Å². The summed E-state index contributed by atoms with van der Waals surface area (Å²) in [6.07, 6.45) is 1.45. The van der Waals surface area contributed by atoms with Gasteiger partial charge in [0.05, 0.1) is 12.5 Å². The monoisotopic (exact) mass is 187 g/mol. The predicted molar refractivity (Wildman–Crippen MR) is 48.7 cm³/mol. The molecule has 0 aromatic carbocycles. The minimum atomic E-state index is -0.738. The van der Waals surface area contributed by atoms with Crippen molar-refractivity contribution in [2.24, 2.45) is 0 Å². The maximum atomic E-state index is 10.3. The highest BCUT2D eigenvalue weighted by molar-refractivity contribution is 5.66. The summed E-state index contributed by atoms with van der Waals surface area (Å²) in [5.74, 6) is -0.738. The van der Waals surface area contributed by atoms with Gasteiger partial charge in [0.1, 0.15) is 0 Å². The van der Waals surface area contributed by atoms with Crippen molar-refractivity contribution in [2.75, 3.05) is 20.2 Å². The summed E-state index contributed by atoms with van der Waals surface area (Å²) >= 11 is 0. The van der Waals surface area contributed by atoms with Crippen LogP contribution >= 0.6 is 0 Å². The van der Waals surface area contributed by atoms with Crippen LogP contribution in [0.5, 0.6) is 0 Å². The summed E-state index contributed by atoms with van der Waals surface area (Å²) in [6.45, 7) is 3.44. The fourth-order valence-electron chi connectivity index (χ4n) is 1.74. The Morgan fingerprint density at radius 3 is 2.85 bits per heavy atom. The van der Waals surface area contributed by atoms with Gasteiger partial charge < -0.3 is 14.7 Å². The average Bonchev–Trinajstić information content (AvgIpc) is 2.47. The van der Waals surface area contributed by atoms with Gasteiger partial charge in [0.2, 0.25) is 0 Å². The molecule has 0 saturated carbocycles. The van der Waals surface area contributed by atoms with Crippen molar-refractivity contribution < 1.29 is 14.6 Å². The molecule has 0 aromatic rings. The summed E-state index contributed by atoms with van der Waals surface area (Å²) in [5, 5.41) is 8.51. The highest BCUT2D eigenvalue weighted by Gasteiger charge is 2.27. The smallest absolute Gasteiger partial charge is 0.304 e. The maximum Gasteiger partial charge on any atom is 0.304 e. The molecule has 4 heteroatoms. The van der Waals surface area contributed by atoms with Crippen LogP contribution in [0.3, 0.4) is 0 Å². The minimum Gasteiger partial charge on any atom is -0.481 e. The number of carboxylic acid groups (broad SMARTS) is 1. The highest BCUT2D eigenvalue weighted by atomic mass is 16.5. The first-order valence-corrected chi connectivity index (χ1v) is 4.65. The number of carbonyl (C=O) groups is 1. The van der Waals surface area contributed by atoms with Crippen LogP contribution in [0, 0.1) is 0 Å². The van der Waals surface area contributed by atoms with E-state index in [0.717, 1.165) is 13.0 Å². The average molecular weight is 187 g/mol. The van der Waals surface area contributed by atoms with Crippen LogP contribution in [0.1, 0.15) is 19.8 Å². The molecular weight excluding hydrogens is 170 g/mol. The number of hydrogen-bond acceptors (Lipinski definition) is 3. The van der Waals surface area contributed by atoms with E-state index in [2.05, 4.69) is 4.90 Å². The topological polar surface area (TPSA) is 49.8 Å². The highest BCUT2D eigenvalue weighted by Crippen LogP contribution is 2.17. The van der Waals surface area contributed by atoms with E-state index in [9.17, 15) is 4.79 Å². The van der Waals surface area contributed by atoms with E-state index in [0.29, 0.717) is 12.6 Å². The Kier molecular flexibility index (Phi) is 3.69. The van der Waals surface area contributed by atoms with Crippen molar-refractivity contribution in [1.29, 1.82) is 0 Å². The number of carboxylic acids is 1. The van der Waals surface area contributed by atoms with Crippen LogP contribution in [-0.2, 0) is 9.53 Å². The van der Waals surface area contributed by atoms with E-state index in [1.54, 1.807) is 0 Å². The van der Waals surface area contributed by atoms with Gasteiger partial charge in [-0.25, -0.2) is 0 Å². The van der Waals surface area contributed by atoms with E-state index >= 15 is 0 Å². The summed E-state index contributed by atoms with van der Waals surface area (Å²) in [7, 11) is 1.96. The Bertz CT molecular complexity index is 184. The summed E-state index contributed by atoms with van der Waals surface area (Å²) in [5.41, 5.74) is 0. The van der Waals surface area contributed by atoms with Crippen molar-refractivity contribution in [3.8, 4) is 0 Å². The van der Waals surface area contributed by atoms with Gasteiger partial charge >= 0.3 is 5.97 Å². The van der Waals surface area contributed by atoms with Crippen molar-refractivity contribution in [3.05, 3.63) is 0 Å². The minimum absolute atomic E-state index is 0.208. The first-order valence-electron chi connectivity index (χ1n) is 4.65. The van der Waals surface area contributed by atoms with Gasteiger partial charge in [0.15, 0.2) is 0 Å². The van der Waals surface area contributed by atoms with E-state index in [-0.39, 0.29) is 12.5 Å². The third-order valence-corrected chi connectivity index (χ3v) is 2.58. The molecular formula is C9H17NO3. The third kappa shape index (κ3) is 2.97. The van der Waals surface area contributed by atoms with Gasteiger partial charge in [-0.05, 0) is 20.4 Å². The van der Waals surface area contributed by atoms with Gasteiger partial charge in [-0.2, -0.15) is 0 Å². The van der Waals surface area contributed by atoms with E-state index in [1.807, 2.05) is 14.0 Å². The fourth-order valence-corrected chi connectivity index (χ4v) is 1.74. The molecule has 0 aliphatic carbocycles. The van der Waals surface area contributed by atoms with E-state index < -0.39 is 5.97 Å². The van der Waals surface area contributed by atoms with Crippen LogP contribution in [0.4, 0.5) is 0 Å². The summed E-state index contributed by atoms with van der Waals surface area (Å²) < 4.78 is 5.40. The lowest BCUT2D eigenvalue weighted by molar-refractivity contribution is -0.137. The zero-order valence-corrected chi connectivity index (χ0v) is 8.19. The first-order chi connectivity index (χ1) is 6.11. The quantitative estimate of drug-likeness (QED) is 0.699. The number of nitrogens with zero attached hydrogens (tertiary/aromatic N) is 1. The lowest BCUT2D eigenvalue weighted by Crippen LogP contribution is -2.37. The normalized spacial score (nSPS) is 28.2. The third-order valence-electron chi connectivity index (χ3n) is 2.58. The second-order valence-electron chi connectivity index (χ2n) is 3.56. The molecule has 1 aliphatic rings. The van der Waals surface area contributed by atoms with E-state index in [4.69, 9.17) is 9.84 Å². The summed E-state index contributed by atoms with van der Waals surface area (Å²) in [6, 6.07) is 0.388. The maximum absolute atomic E-state index is 10.3. The van der Waals surface area contributed by atoms with Crippen LogP contribution in [0.15, 0.2) is 0 Å². The molecule has 13 heavy (non-hydrogen) atoms. The van der Waals surface area contributed by atoms with Crippen LogP contribution in [0.25, 0.3) is 0 Å². The second-order valence-corrected chi connectivity index (χ2v) is 3.56. The molecule has 0 aromatic heterocycles. The Balaban J connectivity index is 2.29. The molecule has 1 fully saturated rings. The Labute approximate surface area is 78.5 Å². The molecule has 0 spiro atoms. The first kappa shape index (κ1) is 10.5. The second kappa shape index (κ2) is 4.58. The predicted octanol–water partition coefficient (Wildman–Crippen LogP) is 0.570. The lowest BCUT2D eigenvalue weighted by atomic mass is 10.1. The number of hydrogen-bond donors (Lipinski definition) is 1. The van der Waals surface area contributed by atoms with Crippen molar-refractivity contribution in [2.45, 2.75) is 31.9 Å². The summed E-state index contributed by atoms with van der Waals surface area (Å²) in [4.78, 5) is 12.4. The van der Waals surface area contributed by atoms with Gasteiger partial charge in [-0.3, -0.25) is 4.79 Å². The Morgan fingerprint density at radius 2 is 2.38 bits per heavy atom. The van der Waals surface area contributed by atoms with Crippen molar-refractivity contribution >= 4 is 5.97 Å². The van der Waals surface area contributed by atoms with Crippen LogP contribution < -0.4 is 0 Å². The molecule has 1 rings (SSSR count). The zero-order chi connectivity index (χ0) is 9.84. The molecule has 1 saturated heterocycles. The van der Waals surface area contributed by atoms with Crippen molar-refractivity contribution in [1.82, 2.24) is 4.90 Å². The van der Waals surface area contributed by atoms with Gasteiger partial charge in [-0.1, -0.05) is 0 Å². The lowest BCUT2D eigenvalue weighted by Gasteiger charge is -2.25. The fraction of sp³-hybridized carbons (Fsp3) is 0.889. The molecule has 0 amide bonds. The molecule has 0 radical (unpaired) electrons. The Morgan fingerprint density at radius 1 is 1.69 bits per heavy atom. The van der Waals surface area contributed by atoms with Gasteiger partial charge in [0, 0.05) is 19.2 Å². The molecule has 0 bridgehead atoms. The van der Waals surface area contributed by atoms with Gasteiger partial charge in [0.25, 0.3) is 0 Å². The number of likely N-dealkylation sites (N-methyl/N-ethyl adjacent to an activating group) is 1. The number of ether oxygens (including phenoxy) is 1. The molecule has 1 aliphatic heterocycles. The van der Waals surface area contributed by atoms with Crippen LogP contribution in [0.2, 0.25) is 0 Å². The molecule has 1 N–H and O–H groups in total. The molecule has 1 heterocycles. The number of rotatable bonds is 4. The SMILES string of the molecule is CC1OCCC1N(C)CCC(=O)O. The standard InChI is InChI=1S/C9H17NO3/c1-7-8(4-6-13-7)10(2)5-3-9(11)12/h7-8H,3-6H2,1-2H3,(H,11,12). The molecule has 2 unspecified atom stereocenters. The van der Waals surface area contributed by atoms with Crippen molar-refractivity contribution in [3.63, 3.8) is 0 Å². The molecule has 4 nitrogen and oxygen atoms in total. The Hall–Kier alpha value is -0.610.